The lowest BCUT2D eigenvalue weighted by molar-refractivity contribution is -0.136. The van der Waals surface area contributed by atoms with Gasteiger partial charge >= 0.3 is 0 Å². The molecule has 0 radical (unpaired) electrons. The Balaban J connectivity index is 1.15. The lowest BCUT2D eigenvalue weighted by atomic mass is 10.1. The minimum Gasteiger partial charge on any atom is -0.352 e. The van der Waals surface area contributed by atoms with Crippen LogP contribution in [0.5, 0.6) is 0 Å². The van der Waals surface area contributed by atoms with Crippen molar-refractivity contribution in [2.45, 2.75) is 6.42 Å². The van der Waals surface area contributed by atoms with Crippen LogP contribution in [0, 0.1) is 11.7 Å². The number of anilines is 4. The Labute approximate surface area is 196 Å². The summed E-state index contributed by atoms with van der Waals surface area (Å²) >= 11 is 0. The molecule has 1 aromatic carbocycles. The van der Waals surface area contributed by atoms with Crippen LogP contribution in [0.4, 0.5) is 27.5 Å². The molecule has 2 aromatic heterocycles. The van der Waals surface area contributed by atoms with E-state index < -0.39 is 0 Å². The summed E-state index contributed by atoms with van der Waals surface area (Å²) in [6, 6.07) is 15.1. The molecule has 174 valence electrons. The maximum Gasteiger partial charge on any atom is 0.228 e. The maximum atomic E-state index is 13.2. The topological polar surface area (TPSA) is 94.6 Å². The number of hydrogen-bond donors (Lipinski definition) is 1. The zero-order valence-electron chi connectivity index (χ0n) is 18.5. The number of halogens is 1. The molecule has 34 heavy (non-hydrogen) atoms. The first-order valence-corrected chi connectivity index (χ1v) is 11.2. The molecule has 0 spiro atoms. The molecule has 10 heteroatoms. The highest BCUT2D eigenvalue weighted by molar-refractivity contribution is 6.00. The van der Waals surface area contributed by atoms with Gasteiger partial charge in [-0.15, -0.1) is 10.2 Å². The summed E-state index contributed by atoms with van der Waals surface area (Å²) in [5, 5.41) is 11.6. The number of rotatable bonds is 5. The van der Waals surface area contributed by atoms with Gasteiger partial charge in [-0.2, -0.15) is 0 Å². The van der Waals surface area contributed by atoms with Gasteiger partial charge in [-0.05, 0) is 48.5 Å². The van der Waals surface area contributed by atoms with Crippen molar-refractivity contribution in [1.82, 2.24) is 20.1 Å². The maximum absolute atomic E-state index is 13.2. The lowest BCUT2D eigenvalue weighted by Gasteiger charge is -2.36. The first-order chi connectivity index (χ1) is 16.6. The van der Waals surface area contributed by atoms with Crippen LogP contribution >= 0.6 is 0 Å². The van der Waals surface area contributed by atoms with Crippen molar-refractivity contribution in [2.24, 2.45) is 5.92 Å². The molecule has 9 nitrogen and oxygen atoms in total. The Bertz CT molecular complexity index is 1150. The number of pyridine rings is 1. The predicted octanol–water partition coefficient (Wildman–Crippen LogP) is 2.46. The van der Waals surface area contributed by atoms with Crippen LogP contribution in [-0.2, 0) is 9.59 Å². The highest BCUT2D eigenvalue weighted by Gasteiger charge is 2.38. The van der Waals surface area contributed by atoms with Gasteiger partial charge in [0.15, 0.2) is 11.6 Å². The molecule has 0 saturated carbocycles. The second kappa shape index (κ2) is 9.42. The zero-order chi connectivity index (χ0) is 23.5. The summed E-state index contributed by atoms with van der Waals surface area (Å²) in [4.78, 5) is 35.2. The molecular weight excluding hydrogens is 437 g/mol. The fraction of sp³-hybridized carbons (Fsp3) is 0.292. The van der Waals surface area contributed by atoms with Gasteiger partial charge < -0.3 is 20.0 Å². The van der Waals surface area contributed by atoms with Crippen LogP contribution in [0.3, 0.4) is 0 Å². The number of carbonyl (C=O) groups excluding carboxylic acids is 2. The summed E-state index contributed by atoms with van der Waals surface area (Å²) in [7, 11) is 0. The average molecular weight is 462 g/mol. The minimum absolute atomic E-state index is 0.0152. The molecule has 2 saturated heterocycles. The molecule has 0 bridgehead atoms. The number of nitrogens with one attached hydrogen (secondary N) is 1. The molecule has 2 aliphatic heterocycles. The number of aromatic nitrogens is 3. The van der Waals surface area contributed by atoms with Gasteiger partial charge in [0.1, 0.15) is 11.6 Å². The zero-order valence-corrected chi connectivity index (χ0v) is 18.5. The number of hydrogen-bond acceptors (Lipinski definition) is 7. The summed E-state index contributed by atoms with van der Waals surface area (Å²) in [6.45, 7) is 2.69. The molecule has 4 heterocycles. The molecule has 3 aromatic rings. The summed E-state index contributed by atoms with van der Waals surface area (Å²) in [5.41, 5.74) is 0.617. The van der Waals surface area contributed by atoms with E-state index in [-0.39, 0.29) is 30.0 Å². The first kappa shape index (κ1) is 21.7. The Morgan fingerprint density at radius 3 is 2.41 bits per heavy atom. The van der Waals surface area contributed by atoms with Gasteiger partial charge in [-0.1, -0.05) is 6.07 Å². The summed E-state index contributed by atoms with van der Waals surface area (Å²) in [6.07, 6.45) is 1.87. The van der Waals surface area contributed by atoms with E-state index in [1.165, 1.54) is 12.1 Å². The average Bonchev–Trinajstić information content (AvgIpc) is 3.27. The van der Waals surface area contributed by atoms with Crippen molar-refractivity contribution in [2.75, 3.05) is 47.8 Å². The van der Waals surface area contributed by atoms with Crippen LogP contribution in [-0.4, -0.2) is 64.6 Å². The van der Waals surface area contributed by atoms with E-state index in [4.69, 9.17) is 0 Å². The van der Waals surface area contributed by atoms with Crippen molar-refractivity contribution in [1.29, 1.82) is 0 Å². The van der Waals surface area contributed by atoms with Crippen molar-refractivity contribution in [3.63, 3.8) is 0 Å². The van der Waals surface area contributed by atoms with Crippen LogP contribution in [0.25, 0.3) is 0 Å². The van der Waals surface area contributed by atoms with Gasteiger partial charge in [0.05, 0.1) is 5.92 Å². The highest BCUT2D eigenvalue weighted by atomic mass is 19.1. The minimum atomic E-state index is -0.388. The highest BCUT2D eigenvalue weighted by Crippen LogP contribution is 2.27. The lowest BCUT2D eigenvalue weighted by Crippen LogP contribution is -2.51. The third-order valence-corrected chi connectivity index (χ3v) is 6.10. The second-order valence-corrected chi connectivity index (χ2v) is 8.31. The number of piperazine rings is 1. The Morgan fingerprint density at radius 1 is 0.941 bits per heavy atom. The fourth-order valence-electron chi connectivity index (χ4n) is 4.29. The van der Waals surface area contributed by atoms with Crippen molar-refractivity contribution in [3.05, 3.63) is 66.6 Å². The molecule has 0 aliphatic carbocycles. The summed E-state index contributed by atoms with van der Waals surface area (Å²) < 4.78 is 13.2. The van der Waals surface area contributed by atoms with Crippen LogP contribution in [0.2, 0.25) is 0 Å². The molecule has 1 N–H and O–H groups in total. The van der Waals surface area contributed by atoms with E-state index in [1.807, 2.05) is 35.2 Å². The van der Waals surface area contributed by atoms with E-state index in [2.05, 4.69) is 25.4 Å². The van der Waals surface area contributed by atoms with E-state index in [0.29, 0.717) is 50.0 Å². The summed E-state index contributed by atoms with van der Waals surface area (Å²) in [5.74, 6) is 1.17. The Kier molecular flexibility index (Phi) is 6.03. The molecule has 2 fully saturated rings. The fourth-order valence-corrected chi connectivity index (χ4v) is 4.29. The largest absolute Gasteiger partial charge is 0.352 e. The van der Waals surface area contributed by atoms with Crippen LogP contribution < -0.4 is 15.1 Å². The number of benzene rings is 1. The first-order valence-electron chi connectivity index (χ1n) is 11.2. The van der Waals surface area contributed by atoms with Crippen molar-refractivity contribution >= 4 is 35.0 Å². The van der Waals surface area contributed by atoms with Gasteiger partial charge in [-0.25, -0.2) is 9.37 Å². The molecule has 2 amide bonds. The van der Waals surface area contributed by atoms with E-state index in [9.17, 15) is 14.0 Å². The smallest absolute Gasteiger partial charge is 0.228 e. The monoisotopic (exact) mass is 461 g/mol. The quantitative estimate of drug-likeness (QED) is 0.624. The molecule has 5 rings (SSSR count). The van der Waals surface area contributed by atoms with E-state index in [0.717, 1.165) is 5.82 Å². The molecular formula is C24H24FN7O2. The van der Waals surface area contributed by atoms with Crippen LogP contribution in [0.15, 0.2) is 60.8 Å². The van der Waals surface area contributed by atoms with Crippen molar-refractivity contribution < 1.29 is 14.0 Å². The van der Waals surface area contributed by atoms with Gasteiger partial charge in [-0.3, -0.25) is 9.59 Å². The second-order valence-electron chi connectivity index (χ2n) is 8.31. The molecule has 2 aliphatic rings. The molecule has 1 unspecified atom stereocenters. The van der Waals surface area contributed by atoms with Crippen LogP contribution in [0.1, 0.15) is 6.42 Å². The van der Waals surface area contributed by atoms with E-state index in [1.54, 1.807) is 23.2 Å². The van der Waals surface area contributed by atoms with Gasteiger partial charge in [0, 0.05) is 51.0 Å². The number of nitrogens with zero attached hydrogens (tertiary/aromatic N) is 6. The van der Waals surface area contributed by atoms with Gasteiger partial charge in [0.2, 0.25) is 11.8 Å². The SMILES string of the molecule is O=C(C1CC(=O)N(c2ccc(F)cc2)C1)N1CCN(c2ccc(Nc3ccccn3)nn2)CC1. The molecule has 1 atom stereocenters. The van der Waals surface area contributed by atoms with E-state index >= 15 is 0 Å². The normalized spacial score (nSPS) is 18.3. The predicted molar refractivity (Wildman–Crippen MR) is 125 cm³/mol. The van der Waals surface area contributed by atoms with Crippen molar-refractivity contribution in [3.8, 4) is 0 Å². The Hall–Kier alpha value is -4.08. The third kappa shape index (κ3) is 4.66. The standard InChI is InChI=1S/C24H24FN7O2/c25-18-4-6-19(7-5-18)32-16-17(15-23(32)33)24(34)31-13-11-30(12-14-31)22-9-8-21(28-29-22)27-20-3-1-2-10-26-20/h1-10,17H,11-16H2,(H,26,27,28). The van der Waals surface area contributed by atoms with Gasteiger partial charge in [0.25, 0.3) is 0 Å². The Morgan fingerprint density at radius 2 is 1.74 bits per heavy atom. The third-order valence-electron chi connectivity index (χ3n) is 6.10. The number of amides is 2. The number of carbonyl (C=O) groups is 2.